The molecule has 1 aliphatic heterocycles. The van der Waals surface area contributed by atoms with Crippen molar-refractivity contribution in [1.29, 1.82) is 0 Å². The highest BCUT2D eigenvalue weighted by Crippen LogP contribution is 2.43. The van der Waals surface area contributed by atoms with Gasteiger partial charge in [-0.05, 0) is 24.6 Å². The molecule has 0 aromatic heterocycles. The maximum Gasteiger partial charge on any atom is 0.264 e. The summed E-state index contributed by atoms with van der Waals surface area (Å²) in [6, 6.07) is 13.9. The van der Waals surface area contributed by atoms with Crippen molar-refractivity contribution in [3.05, 3.63) is 59.7 Å². The molecular formula is C20H21NO4. The first-order valence-corrected chi connectivity index (χ1v) is 8.33. The number of nitrogens with zero attached hydrogens (tertiary/aromatic N) is 1. The molecule has 130 valence electrons. The molecule has 1 N–H and O–H groups in total. The zero-order valence-corrected chi connectivity index (χ0v) is 14.4. The number of hydrogen-bond acceptors (Lipinski definition) is 4. The van der Waals surface area contributed by atoms with Gasteiger partial charge in [0.15, 0.2) is 11.4 Å². The lowest BCUT2D eigenvalue weighted by Gasteiger charge is -2.22. The number of anilines is 1. The second kappa shape index (κ2) is 6.69. The Kier molecular flexibility index (Phi) is 4.59. The monoisotopic (exact) mass is 339 g/mol. The Balaban J connectivity index is 1.98. The van der Waals surface area contributed by atoms with Gasteiger partial charge in [-0.1, -0.05) is 37.3 Å². The standard InChI is InChI=1S/C20H21NO4/c1-3-12-21-16-10-6-5-9-15(16)20(24,19(21)23)13-17(22)14-8-4-7-11-18(14)25-2/h4-11,24H,3,12-13H2,1-2H3/t20-/m0/s1. The maximum absolute atomic E-state index is 12.9. The number of ether oxygens (including phenoxy) is 1. The van der Waals surface area contributed by atoms with Gasteiger partial charge >= 0.3 is 0 Å². The van der Waals surface area contributed by atoms with Crippen LogP contribution in [0.3, 0.4) is 0 Å². The summed E-state index contributed by atoms with van der Waals surface area (Å²) >= 11 is 0. The summed E-state index contributed by atoms with van der Waals surface area (Å²) < 4.78 is 5.22. The smallest absolute Gasteiger partial charge is 0.264 e. The Labute approximate surface area is 146 Å². The van der Waals surface area contributed by atoms with E-state index in [4.69, 9.17) is 4.74 Å². The third-order valence-corrected chi connectivity index (χ3v) is 4.51. The zero-order chi connectivity index (χ0) is 18.0. The molecule has 0 saturated heterocycles. The van der Waals surface area contributed by atoms with E-state index >= 15 is 0 Å². The van der Waals surface area contributed by atoms with Crippen molar-refractivity contribution in [2.45, 2.75) is 25.4 Å². The minimum Gasteiger partial charge on any atom is -0.496 e. The summed E-state index contributed by atoms with van der Waals surface area (Å²) in [6.45, 7) is 2.47. The number of para-hydroxylation sites is 2. The number of ketones is 1. The van der Waals surface area contributed by atoms with E-state index < -0.39 is 11.5 Å². The van der Waals surface area contributed by atoms with Crippen molar-refractivity contribution in [2.75, 3.05) is 18.6 Å². The van der Waals surface area contributed by atoms with E-state index in [1.807, 2.05) is 13.0 Å². The molecule has 0 bridgehead atoms. The zero-order valence-electron chi connectivity index (χ0n) is 14.4. The van der Waals surface area contributed by atoms with Crippen LogP contribution in [0.4, 0.5) is 5.69 Å². The molecule has 3 rings (SSSR count). The lowest BCUT2D eigenvalue weighted by molar-refractivity contribution is -0.135. The van der Waals surface area contributed by atoms with Crippen LogP contribution in [0, 0.1) is 0 Å². The summed E-state index contributed by atoms with van der Waals surface area (Å²) in [5, 5.41) is 11.2. The summed E-state index contributed by atoms with van der Waals surface area (Å²) in [5.74, 6) is -0.347. The summed E-state index contributed by atoms with van der Waals surface area (Å²) in [5.41, 5.74) is -0.331. The molecule has 1 atom stereocenters. The minimum atomic E-state index is -1.84. The molecule has 2 aromatic rings. The molecular weight excluding hydrogens is 318 g/mol. The van der Waals surface area contributed by atoms with Gasteiger partial charge in [0.1, 0.15) is 5.75 Å². The number of carbonyl (C=O) groups excluding carboxylic acids is 2. The number of amides is 1. The highest BCUT2D eigenvalue weighted by molar-refractivity contribution is 6.11. The van der Waals surface area contributed by atoms with Gasteiger partial charge in [0.25, 0.3) is 5.91 Å². The Morgan fingerprint density at radius 3 is 2.56 bits per heavy atom. The van der Waals surface area contributed by atoms with E-state index in [-0.39, 0.29) is 12.2 Å². The molecule has 5 nitrogen and oxygen atoms in total. The van der Waals surface area contributed by atoms with Gasteiger partial charge in [-0.3, -0.25) is 9.59 Å². The van der Waals surface area contributed by atoms with Crippen LogP contribution in [0.15, 0.2) is 48.5 Å². The average molecular weight is 339 g/mol. The molecule has 0 radical (unpaired) electrons. The fourth-order valence-corrected chi connectivity index (χ4v) is 3.33. The average Bonchev–Trinajstić information content (AvgIpc) is 2.84. The lowest BCUT2D eigenvalue weighted by atomic mass is 9.88. The van der Waals surface area contributed by atoms with Crippen molar-refractivity contribution in [3.63, 3.8) is 0 Å². The normalized spacial score (nSPS) is 19.0. The van der Waals surface area contributed by atoms with Crippen molar-refractivity contribution in [1.82, 2.24) is 0 Å². The third kappa shape index (κ3) is 2.81. The Morgan fingerprint density at radius 1 is 1.16 bits per heavy atom. The van der Waals surface area contributed by atoms with Crippen LogP contribution in [0.1, 0.15) is 35.7 Å². The number of rotatable bonds is 6. The second-order valence-corrected chi connectivity index (χ2v) is 6.13. The SMILES string of the molecule is CCCN1C(=O)[C@](O)(CC(=O)c2ccccc2OC)c2ccccc21. The molecule has 0 unspecified atom stereocenters. The third-order valence-electron chi connectivity index (χ3n) is 4.51. The van der Waals surface area contributed by atoms with E-state index in [0.29, 0.717) is 29.1 Å². The molecule has 5 heteroatoms. The summed E-state index contributed by atoms with van der Waals surface area (Å²) in [4.78, 5) is 27.2. The molecule has 1 aliphatic rings. The van der Waals surface area contributed by atoms with Gasteiger partial charge in [0.2, 0.25) is 0 Å². The Morgan fingerprint density at radius 2 is 1.84 bits per heavy atom. The van der Waals surface area contributed by atoms with Crippen LogP contribution < -0.4 is 9.64 Å². The molecule has 25 heavy (non-hydrogen) atoms. The summed E-state index contributed by atoms with van der Waals surface area (Å²) in [6.07, 6.45) is 0.444. The lowest BCUT2D eigenvalue weighted by Crippen LogP contribution is -2.42. The maximum atomic E-state index is 12.9. The van der Waals surface area contributed by atoms with Crippen molar-refractivity contribution < 1.29 is 19.4 Å². The van der Waals surface area contributed by atoms with Gasteiger partial charge in [-0.2, -0.15) is 0 Å². The number of carbonyl (C=O) groups is 2. The Hall–Kier alpha value is -2.66. The van der Waals surface area contributed by atoms with Crippen molar-refractivity contribution >= 4 is 17.4 Å². The highest BCUT2D eigenvalue weighted by Gasteiger charge is 2.50. The predicted octanol–water partition coefficient (Wildman–Crippen LogP) is 2.91. The van der Waals surface area contributed by atoms with Gasteiger partial charge in [0, 0.05) is 12.1 Å². The van der Waals surface area contributed by atoms with Gasteiger partial charge in [0.05, 0.1) is 24.8 Å². The first-order valence-electron chi connectivity index (χ1n) is 8.33. The number of fused-ring (bicyclic) bond motifs is 1. The number of benzene rings is 2. The van der Waals surface area contributed by atoms with E-state index in [0.717, 1.165) is 6.42 Å². The molecule has 0 spiro atoms. The number of aliphatic hydroxyl groups is 1. The van der Waals surface area contributed by atoms with Crippen LogP contribution in [0.25, 0.3) is 0 Å². The fraction of sp³-hybridized carbons (Fsp3) is 0.300. The van der Waals surface area contributed by atoms with E-state index in [2.05, 4.69) is 0 Å². The Bertz CT molecular complexity index is 817. The minimum absolute atomic E-state index is 0.316. The highest BCUT2D eigenvalue weighted by atomic mass is 16.5. The van der Waals surface area contributed by atoms with Crippen molar-refractivity contribution in [3.8, 4) is 5.75 Å². The largest absolute Gasteiger partial charge is 0.496 e. The topological polar surface area (TPSA) is 66.8 Å². The fourth-order valence-electron chi connectivity index (χ4n) is 3.33. The van der Waals surface area contributed by atoms with Crippen LogP contribution in [0.2, 0.25) is 0 Å². The van der Waals surface area contributed by atoms with E-state index in [1.165, 1.54) is 7.11 Å². The van der Waals surface area contributed by atoms with Gasteiger partial charge in [-0.15, -0.1) is 0 Å². The quantitative estimate of drug-likeness (QED) is 0.822. The van der Waals surface area contributed by atoms with Crippen LogP contribution in [-0.4, -0.2) is 30.5 Å². The van der Waals surface area contributed by atoms with Crippen LogP contribution in [-0.2, 0) is 10.4 Å². The number of Topliss-reactive ketones (excluding diaryl/α,β-unsaturated/α-hetero) is 1. The van der Waals surface area contributed by atoms with Gasteiger partial charge in [-0.25, -0.2) is 0 Å². The number of hydrogen-bond donors (Lipinski definition) is 1. The van der Waals surface area contributed by atoms with E-state index in [9.17, 15) is 14.7 Å². The second-order valence-electron chi connectivity index (χ2n) is 6.13. The summed E-state index contributed by atoms with van der Waals surface area (Å²) in [7, 11) is 1.49. The number of methoxy groups -OCH3 is 1. The molecule has 0 fully saturated rings. The molecule has 1 amide bonds. The molecule has 0 aliphatic carbocycles. The molecule has 2 aromatic carbocycles. The predicted molar refractivity (Wildman–Crippen MR) is 94.9 cm³/mol. The first-order chi connectivity index (χ1) is 12.0. The van der Waals surface area contributed by atoms with Crippen molar-refractivity contribution in [2.24, 2.45) is 0 Å². The van der Waals surface area contributed by atoms with Gasteiger partial charge < -0.3 is 14.7 Å². The van der Waals surface area contributed by atoms with Crippen LogP contribution >= 0.6 is 0 Å². The molecule has 1 heterocycles. The van der Waals surface area contributed by atoms with Crippen LogP contribution in [0.5, 0.6) is 5.75 Å². The molecule has 0 saturated carbocycles. The van der Waals surface area contributed by atoms with E-state index in [1.54, 1.807) is 47.4 Å². The first kappa shape index (κ1) is 17.2.